The average Bonchev–Trinajstić information content (AvgIpc) is 3.03. The fourth-order valence-corrected chi connectivity index (χ4v) is 4.81. The number of carboxylic acid groups (broad SMARTS) is 1. The molecule has 2 aromatic rings. The minimum Gasteiger partial charge on any atom is -0.478 e. The molecule has 5 nitrogen and oxygen atoms in total. The van der Waals surface area contributed by atoms with Gasteiger partial charge in [-0.15, -0.1) is 22.7 Å². The van der Waals surface area contributed by atoms with E-state index in [1.165, 1.54) is 28.7 Å². The highest BCUT2D eigenvalue weighted by atomic mass is 32.2. The molecular weight excluding hydrogens is 330 g/mol. The van der Waals surface area contributed by atoms with Gasteiger partial charge in [0.15, 0.2) is 0 Å². The third kappa shape index (κ3) is 4.24. The van der Waals surface area contributed by atoms with E-state index in [2.05, 4.69) is 4.72 Å². The number of nitrogens with one attached hydrogen (secondary N) is 1. The van der Waals surface area contributed by atoms with Crippen LogP contribution >= 0.6 is 22.7 Å². The molecule has 0 bridgehead atoms. The first kappa shape index (κ1) is 15.9. The van der Waals surface area contributed by atoms with Crippen molar-refractivity contribution in [3.8, 4) is 0 Å². The zero-order chi connectivity index (χ0) is 15.5. The Balaban J connectivity index is 2.10. The Morgan fingerprint density at radius 2 is 2.14 bits per heavy atom. The Morgan fingerprint density at radius 1 is 1.38 bits per heavy atom. The molecule has 0 amide bonds. The number of aliphatic carboxylic acids is 1. The summed E-state index contributed by atoms with van der Waals surface area (Å²) in [6.45, 7) is 1.98. The summed E-state index contributed by atoms with van der Waals surface area (Å²) in [6.07, 6.45) is 2.49. The summed E-state index contributed by atoms with van der Waals surface area (Å²) < 4.78 is 27.0. The zero-order valence-electron chi connectivity index (χ0n) is 11.1. The predicted octanol–water partition coefficient (Wildman–Crippen LogP) is 2.69. The maximum absolute atomic E-state index is 12.1. The second-order valence-corrected chi connectivity index (χ2v) is 8.44. The molecule has 2 rings (SSSR count). The molecule has 0 saturated carbocycles. The van der Waals surface area contributed by atoms with E-state index >= 15 is 0 Å². The topological polar surface area (TPSA) is 83.5 Å². The van der Waals surface area contributed by atoms with Crippen LogP contribution in [0, 0.1) is 6.92 Å². The summed E-state index contributed by atoms with van der Waals surface area (Å²) in [4.78, 5) is 12.2. The molecule has 0 spiro atoms. The Morgan fingerprint density at radius 3 is 2.76 bits per heavy atom. The first-order chi connectivity index (χ1) is 9.88. The molecule has 2 heterocycles. The molecule has 0 aliphatic carbocycles. The summed E-state index contributed by atoms with van der Waals surface area (Å²) in [5, 5.41) is 10.4. The molecule has 0 radical (unpaired) electrons. The number of thiophene rings is 2. The molecule has 8 heteroatoms. The van der Waals surface area contributed by atoms with Crippen molar-refractivity contribution in [1.82, 2.24) is 4.72 Å². The van der Waals surface area contributed by atoms with Crippen LogP contribution in [0.15, 0.2) is 33.9 Å². The second-order valence-electron chi connectivity index (χ2n) is 4.16. The normalized spacial score (nSPS) is 12.0. The quantitative estimate of drug-likeness (QED) is 0.790. The fourth-order valence-electron chi connectivity index (χ4n) is 1.59. The van der Waals surface area contributed by atoms with Gasteiger partial charge in [-0.05, 0) is 42.1 Å². The minimum absolute atomic E-state index is 0.135. The Labute approximate surface area is 130 Å². The van der Waals surface area contributed by atoms with Crippen molar-refractivity contribution in [2.75, 3.05) is 0 Å². The lowest BCUT2D eigenvalue weighted by atomic mass is 10.2. The van der Waals surface area contributed by atoms with Gasteiger partial charge in [-0.1, -0.05) is 0 Å². The first-order valence-electron chi connectivity index (χ1n) is 5.92. The monoisotopic (exact) mass is 343 g/mol. The number of rotatable bonds is 6. The zero-order valence-corrected chi connectivity index (χ0v) is 13.5. The molecule has 0 aliphatic rings. The van der Waals surface area contributed by atoms with Gasteiger partial charge in [0.2, 0.25) is 10.0 Å². The average molecular weight is 343 g/mol. The second kappa shape index (κ2) is 6.52. The van der Waals surface area contributed by atoms with Gasteiger partial charge < -0.3 is 5.11 Å². The molecule has 112 valence electrons. The smallest absolute Gasteiger partial charge is 0.328 e. The van der Waals surface area contributed by atoms with Gasteiger partial charge in [-0.25, -0.2) is 17.9 Å². The van der Waals surface area contributed by atoms with Crippen LogP contribution in [0.3, 0.4) is 0 Å². The Hall–Kier alpha value is -1.48. The largest absolute Gasteiger partial charge is 0.478 e. The summed E-state index contributed by atoms with van der Waals surface area (Å²) in [5.41, 5.74) is 0.701. The molecule has 0 aliphatic heterocycles. The number of carboxylic acids is 1. The van der Waals surface area contributed by atoms with Gasteiger partial charge in [0, 0.05) is 22.4 Å². The third-order valence-electron chi connectivity index (χ3n) is 2.59. The van der Waals surface area contributed by atoms with Crippen molar-refractivity contribution in [3.63, 3.8) is 0 Å². The van der Waals surface area contributed by atoms with E-state index in [0.717, 1.165) is 15.8 Å². The Bertz CT molecular complexity index is 771. The van der Waals surface area contributed by atoms with E-state index in [9.17, 15) is 13.2 Å². The van der Waals surface area contributed by atoms with Crippen LogP contribution in [0.25, 0.3) is 6.08 Å². The van der Waals surface area contributed by atoms with E-state index in [1.807, 2.05) is 6.92 Å². The number of hydrogen-bond donors (Lipinski definition) is 2. The lowest BCUT2D eigenvalue weighted by molar-refractivity contribution is -0.131. The van der Waals surface area contributed by atoms with Crippen LogP contribution in [-0.4, -0.2) is 19.5 Å². The molecule has 2 N–H and O–H groups in total. The number of hydrogen-bond acceptors (Lipinski definition) is 5. The van der Waals surface area contributed by atoms with Crippen LogP contribution in [0.2, 0.25) is 0 Å². The third-order valence-corrected chi connectivity index (χ3v) is 6.42. The molecular formula is C13H13NO4S3. The molecule has 0 atom stereocenters. The lowest BCUT2D eigenvalue weighted by Crippen LogP contribution is -2.22. The minimum atomic E-state index is -3.53. The molecule has 0 fully saturated rings. The van der Waals surface area contributed by atoms with E-state index in [4.69, 9.17) is 5.11 Å². The standard InChI is InChI=1S/C13H13NO4S3/c1-9-2-5-13(20-9)21(17,18)14-8-11-10(6-7-19-11)3-4-12(15)16/h2-7,14H,8H2,1H3,(H,15,16)/b4-3+. The maximum Gasteiger partial charge on any atom is 0.328 e. The number of aryl methyl sites for hydroxylation is 1. The van der Waals surface area contributed by atoms with Gasteiger partial charge in [0.1, 0.15) is 4.21 Å². The van der Waals surface area contributed by atoms with E-state index in [0.29, 0.717) is 5.56 Å². The van der Waals surface area contributed by atoms with Gasteiger partial charge in [-0.2, -0.15) is 0 Å². The molecule has 2 aromatic heterocycles. The summed E-state index contributed by atoms with van der Waals surface area (Å²) in [7, 11) is -3.53. The fraction of sp³-hybridized carbons (Fsp3) is 0.154. The molecule has 0 aromatic carbocycles. The molecule has 0 saturated heterocycles. The number of sulfonamides is 1. The van der Waals surface area contributed by atoms with E-state index in [1.54, 1.807) is 23.6 Å². The van der Waals surface area contributed by atoms with Crippen molar-refractivity contribution in [2.24, 2.45) is 0 Å². The van der Waals surface area contributed by atoms with Gasteiger partial charge in [-0.3, -0.25) is 0 Å². The summed E-state index contributed by atoms with van der Waals surface area (Å²) in [5.74, 6) is -1.04. The highest BCUT2D eigenvalue weighted by Crippen LogP contribution is 2.22. The van der Waals surface area contributed by atoms with Gasteiger partial charge >= 0.3 is 5.97 Å². The van der Waals surface area contributed by atoms with E-state index in [-0.39, 0.29) is 10.8 Å². The summed E-state index contributed by atoms with van der Waals surface area (Å²) in [6, 6.07) is 5.08. The summed E-state index contributed by atoms with van der Waals surface area (Å²) >= 11 is 2.59. The van der Waals surface area contributed by atoms with Gasteiger partial charge in [0.05, 0.1) is 0 Å². The van der Waals surface area contributed by atoms with Crippen LogP contribution < -0.4 is 4.72 Å². The molecule has 21 heavy (non-hydrogen) atoms. The van der Waals surface area contributed by atoms with Crippen LogP contribution in [-0.2, 0) is 21.4 Å². The Kier molecular flexibility index (Phi) is 4.94. The van der Waals surface area contributed by atoms with Crippen LogP contribution in [0.1, 0.15) is 15.3 Å². The van der Waals surface area contributed by atoms with Crippen molar-refractivity contribution < 1.29 is 18.3 Å². The van der Waals surface area contributed by atoms with Crippen molar-refractivity contribution in [2.45, 2.75) is 17.7 Å². The molecule has 0 unspecified atom stereocenters. The first-order valence-corrected chi connectivity index (χ1v) is 9.10. The van der Waals surface area contributed by atoms with Crippen molar-refractivity contribution in [3.05, 3.63) is 45.0 Å². The maximum atomic E-state index is 12.1. The van der Waals surface area contributed by atoms with E-state index < -0.39 is 16.0 Å². The highest BCUT2D eigenvalue weighted by molar-refractivity contribution is 7.91. The van der Waals surface area contributed by atoms with Gasteiger partial charge in [0.25, 0.3) is 0 Å². The van der Waals surface area contributed by atoms with Crippen LogP contribution in [0.5, 0.6) is 0 Å². The van der Waals surface area contributed by atoms with Crippen molar-refractivity contribution >= 4 is 44.7 Å². The van der Waals surface area contributed by atoms with Crippen molar-refractivity contribution in [1.29, 1.82) is 0 Å². The predicted molar refractivity (Wildman–Crippen MR) is 84.1 cm³/mol. The highest BCUT2D eigenvalue weighted by Gasteiger charge is 2.16. The lowest BCUT2D eigenvalue weighted by Gasteiger charge is -2.04. The number of carbonyl (C=O) groups is 1. The SMILES string of the molecule is Cc1ccc(S(=O)(=O)NCc2sccc2/C=C/C(=O)O)s1. The van der Waals surface area contributed by atoms with Crippen LogP contribution in [0.4, 0.5) is 0 Å².